The van der Waals surface area contributed by atoms with Crippen LogP contribution in [-0.2, 0) is 20.6 Å². The number of para-hydroxylation sites is 1. The highest BCUT2D eigenvalue weighted by Gasteiger charge is 2.18. The van der Waals surface area contributed by atoms with E-state index in [1.54, 1.807) is 11.6 Å². The molecule has 0 fully saturated rings. The molecule has 0 saturated heterocycles. The van der Waals surface area contributed by atoms with Crippen LogP contribution in [0, 0.1) is 0 Å². The summed E-state index contributed by atoms with van der Waals surface area (Å²) in [5, 5.41) is 3.26. The average Bonchev–Trinajstić information content (AvgIpc) is 2.98. The zero-order chi connectivity index (χ0) is 17.3. The number of hydrogen-bond acceptors (Lipinski definition) is 6. The van der Waals surface area contributed by atoms with Crippen LogP contribution in [0.1, 0.15) is 0 Å². The van der Waals surface area contributed by atoms with Crippen molar-refractivity contribution in [3.8, 4) is 0 Å². The number of rotatable bonds is 5. The van der Waals surface area contributed by atoms with Crippen LogP contribution in [0.2, 0.25) is 0 Å². The second kappa shape index (κ2) is 6.20. The lowest BCUT2D eigenvalue weighted by Crippen LogP contribution is -2.37. The maximum absolute atomic E-state index is 12.5. The van der Waals surface area contributed by atoms with Gasteiger partial charge in [-0.15, -0.1) is 0 Å². The summed E-state index contributed by atoms with van der Waals surface area (Å²) in [4.78, 5) is 28.8. The molecular formula is C15H19N7O2. The van der Waals surface area contributed by atoms with Crippen molar-refractivity contribution in [1.29, 1.82) is 0 Å². The highest BCUT2D eigenvalue weighted by Crippen LogP contribution is 2.14. The molecule has 0 aliphatic carbocycles. The molecule has 3 rings (SSSR count). The minimum atomic E-state index is -0.428. The smallest absolute Gasteiger partial charge is 0.332 e. The molecule has 1 aromatic carbocycles. The predicted octanol–water partition coefficient (Wildman–Crippen LogP) is -0.169. The van der Waals surface area contributed by atoms with Gasteiger partial charge < -0.3 is 9.88 Å². The van der Waals surface area contributed by atoms with Crippen LogP contribution in [0.3, 0.4) is 0 Å². The zero-order valence-corrected chi connectivity index (χ0v) is 13.5. The molecule has 0 spiro atoms. The molecule has 126 valence electrons. The number of anilines is 2. The van der Waals surface area contributed by atoms with Gasteiger partial charge in [-0.1, -0.05) is 18.2 Å². The highest BCUT2D eigenvalue weighted by molar-refractivity contribution is 5.74. The van der Waals surface area contributed by atoms with Gasteiger partial charge in [-0.2, -0.15) is 4.98 Å². The molecule has 0 bridgehead atoms. The number of nitrogens with two attached hydrogens (primary N) is 1. The lowest BCUT2D eigenvalue weighted by molar-refractivity contribution is 0.696. The number of nitrogens with one attached hydrogen (secondary N) is 2. The number of nitrogens with zero attached hydrogens (tertiary/aromatic N) is 4. The zero-order valence-electron chi connectivity index (χ0n) is 13.5. The Balaban J connectivity index is 2.00. The molecule has 0 aliphatic heterocycles. The third-order valence-corrected chi connectivity index (χ3v) is 3.92. The third kappa shape index (κ3) is 2.54. The van der Waals surface area contributed by atoms with E-state index < -0.39 is 11.2 Å². The maximum atomic E-state index is 12.5. The Morgan fingerprint density at radius 2 is 1.83 bits per heavy atom. The third-order valence-electron chi connectivity index (χ3n) is 3.92. The largest absolute Gasteiger partial charge is 0.383 e. The quantitative estimate of drug-likeness (QED) is 0.443. The summed E-state index contributed by atoms with van der Waals surface area (Å²) in [6.45, 7) is 1.02. The molecule has 9 heteroatoms. The Hall–Kier alpha value is -3.07. The van der Waals surface area contributed by atoms with Crippen molar-refractivity contribution in [2.24, 2.45) is 19.9 Å². The molecular weight excluding hydrogens is 310 g/mol. The van der Waals surface area contributed by atoms with Crippen molar-refractivity contribution in [2.45, 2.75) is 6.54 Å². The van der Waals surface area contributed by atoms with Gasteiger partial charge in [0.2, 0.25) is 5.95 Å². The minimum absolute atomic E-state index is 0.302. The lowest BCUT2D eigenvalue weighted by atomic mass is 10.3. The molecule has 0 radical (unpaired) electrons. The van der Waals surface area contributed by atoms with E-state index in [-0.39, 0.29) is 0 Å². The first kappa shape index (κ1) is 15.8. The summed E-state index contributed by atoms with van der Waals surface area (Å²) in [5.41, 5.74) is 3.27. The van der Waals surface area contributed by atoms with Gasteiger partial charge in [-0.05, 0) is 12.1 Å². The fraction of sp³-hybridized carbons (Fsp3) is 0.267. The van der Waals surface area contributed by atoms with Crippen molar-refractivity contribution in [1.82, 2.24) is 18.7 Å². The van der Waals surface area contributed by atoms with E-state index in [9.17, 15) is 9.59 Å². The van der Waals surface area contributed by atoms with Crippen molar-refractivity contribution in [3.63, 3.8) is 0 Å². The van der Waals surface area contributed by atoms with Crippen LogP contribution in [0.5, 0.6) is 0 Å². The topological polar surface area (TPSA) is 112 Å². The summed E-state index contributed by atoms with van der Waals surface area (Å²) >= 11 is 0. The standard InChI is InChI=1S/C15H19N7O2/c1-20-12-11(13(23)21(2)15(20)24)22(14(18-12)19-16)9-8-17-10-6-4-3-5-7-10/h3-7,17H,8-9,16H2,1-2H3,(H,18,19). The molecule has 2 heterocycles. The fourth-order valence-corrected chi connectivity index (χ4v) is 2.64. The Morgan fingerprint density at radius 3 is 2.50 bits per heavy atom. The summed E-state index contributed by atoms with van der Waals surface area (Å²) < 4.78 is 4.07. The minimum Gasteiger partial charge on any atom is -0.383 e. The van der Waals surface area contributed by atoms with Crippen molar-refractivity contribution < 1.29 is 0 Å². The van der Waals surface area contributed by atoms with E-state index in [0.29, 0.717) is 30.2 Å². The number of imidazole rings is 1. The highest BCUT2D eigenvalue weighted by atomic mass is 16.2. The number of hydrogen-bond donors (Lipinski definition) is 3. The van der Waals surface area contributed by atoms with Crippen LogP contribution in [-0.4, -0.2) is 25.2 Å². The molecule has 0 amide bonds. The lowest BCUT2D eigenvalue weighted by Gasteiger charge is -2.10. The molecule has 0 unspecified atom stereocenters. The molecule has 0 aliphatic rings. The van der Waals surface area contributed by atoms with E-state index in [1.807, 2.05) is 30.3 Å². The van der Waals surface area contributed by atoms with Gasteiger partial charge in [0, 0.05) is 32.9 Å². The number of aromatic nitrogens is 4. The number of hydrazine groups is 1. The second-order valence-corrected chi connectivity index (χ2v) is 5.40. The molecule has 4 N–H and O–H groups in total. The van der Waals surface area contributed by atoms with Crippen molar-refractivity contribution in [3.05, 3.63) is 51.2 Å². The Kier molecular flexibility index (Phi) is 4.09. The van der Waals surface area contributed by atoms with Gasteiger partial charge in [0.1, 0.15) is 0 Å². The van der Waals surface area contributed by atoms with Gasteiger partial charge >= 0.3 is 5.69 Å². The summed E-state index contributed by atoms with van der Waals surface area (Å²) in [7, 11) is 3.02. The monoisotopic (exact) mass is 329 g/mol. The summed E-state index contributed by atoms with van der Waals surface area (Å²) in [6.07, 6.45) is 0. The Morgan fingerprint density at radius 1 is 1.12 bits per heavy atom. The first-order valence-corrected chi connectivity index (χ1v) is 7.46. The fourth-order valence-electron chi connectivity index (χ4n) is 2.64. The Labute approximate surface area is 137 Å². The molecule has 24 heavy (non-hydrogen) atoms. The van der Waals surface area contributed by atoms with Crippen LogP contribution in [0.25, 0.3) is 11.2 Å². The van der Waals surface area contributed by atoms with E-state index in [4.69, 9.17) is 5.84 Å². The van der Waals surface area contributed by atoms with E-state index in [2.05, 4.69) is 15.7 Å². The molecule has 0 atom stereocenters. The van der Waals surface area contributed by atoms with E-state index in [0.717, 1.165) is 10.3 Å². The molecule has 9 nitrogen and oxygen atoms in total. The van der Waals surface area contributed by atoms with Gasteiger partial charge in [0.05, 0.1) is 0 Å². The average molecular weight is 329 g/mol. The van der Waals surface area contributed by atoms with Gasteiger partial charge in [0.25, 0.3) is 5.56 Å². The van der Waals surface area contributed by atoms with Gasteiger partial charge in [0.15, 0.2) is 11.2 Å². The molecule has 0 saturated carbocycles. The maximum Gasteiger partial charge on any atom is 0.332 e. The van der Waals surface area contributed by atoms with E-state index >= 15 is 0 Å². The first-order chi connectivity index (χ1) is 11.5. The van der Waals surface area contributed by atoms with Crippen LogP contribution in [0.4, 0.5) is 11.6 Å². The molecule has 3 aromatic rings. The normalized spacial score (nSPS) is 11.0. The SMILES string of the molecule is Cn1c(=O)c2c(nc(NN)n2CCNc2ccccc2)n(C)c1=O. The summed E-state index contributed by atoms with van der Waals surface area (Å²) in [5.74, 6) is 5.86. The number of nitrogen functional groups attached to an aromatic ring is 1. The number of aryl methyl sites for hydroxylation is 1. The van der Waals surface area contributed by atoms with Crippen LogP contribution in [0.15, 0.2) is 39.9 Å². The van der Waals surface area contributed by atoms with Crippen molar-refractivity contribution >= 4 is 22.8 Å². The molecule has 2 aromatic heterocycles. The van der Waals surface area contributed by atoms with Crippen molar-refractivity contribution in [2.75, 3.05) is 17.3 Å². The van der Waals surface area contributed by atoms with Gasteiger partial charge in [-0.25, -0.2) is 10.6 Å². The summed E-state index contributed by atoms with van der Waals surface area (Å²) in [6, 6.07) is 9.73. The van der Waals surface area contributed by atoms with Crippen LogP contribution >= 0.6 is 0 Å². The van der Waals surface area contributed by atoms with E-state index in [1.165, 1.54) is 11.6 Å². The second-order valence-electron chi connectivity index (χ2n) is 5.40. The first-order valence-electron chi connectivity index (χ1n) is 7.46. The number of fused-ring (bicyclic) bond motifs is 1. The van der Waals surface area contributed by atoms with Gasteiger partial charge in [-0.3, -0.25) is 19.4 Å². The van der Waals surface area contributed by atoms with Crippen LogP contribution < -0.4 is 27.8 Å². The number of benzene rings is 1. The predicted molar refractivity (Wildman–Crippen MR) is 93.0 cm³/mol. The Bertz CT molecular complexity index is 985.